The smallest absolute Gasteiger partial charge is 0.223 e. The van der Waals surface area contributed by atoms with Gasteiger partial charge < -0.3 is 10.1 Å². The first-order chi connectivity index (χ1) is 5.11. The Labute approximate surface area is 67.2 Å². The minimum Gasteiger partial charge on any atom is -0.347 e. The van der Waals surface area contributed by atoms with Crippen LogP contribution in [0.15, 0.2) is 0 Å². The number of amides is 1. The number of carbonyl (C=O) groups is 2. The third-order valence-electron chi connectivity index (χ3n) is 1.63. The highest BCUT2D eigenvalue weighted by Crippen LogP contribution is 1.99. The van der Waals surface area contributed by atoms with Crippen molar-refractivity contribution in [1.29, 1.82) is 0 Å². The average molecular weight is 157 g/mol. The number of rotatable bonds is 4. The van der Waals surface area contributed by atoms with Gasteiger partial charge in [-0.3, -0.25) is 4.79 Å². The molecule has 1 amide bonds. The first-order valence-electron chi connectivity index (χ1n) is 3.87. The number of nitrogens with one attached hydrogen (secondary N) is 1. The van der Waals surface area contributed by atoms with Crippen LogP contribution in [0.25, 0.3) is 0 Å². The lowest BCUT2D eigenvalue weighted by atomic mass is 10.1. The summed E-state index contributed by atoms with van der Waals surface area (Å²) in [4.78, 5) is 21.2. The van der Waals surface area contributed by atoms with Crippen LogP contribution in [0.4, 0.5) is 0 Å². The van der Waals surface area contributed by atoms with Crippen molar-refractivity contribution in [3.63, 3.8) is 0 Å². The molecule has 0 spiro atoms. The molecule has 0 aliphatic rings. The lowest BCUT2D eigenvalue weighted by molar-refractivity contribution is -0.126. The number of hydrogen-bond acceptors (Lipinski definition) is 2. The second-order valence-corrected chi connectivity index (χ2v) is 2.74. The van der Waals surface area contributed by atoms with E-state index in [1.54, 1.807) is 6.92 Å². The normalized spacial score (nSPS) is 15.2. The molecular weight excluding hydrogens is 142 g/mol. The third kappa shape index (κ3) is 3.75. The summed E-state index contributed by atoms with van der Waals surface area (Å²) in [5, 5.41) is 2.57. The van der Waals surface area contributed by atoms with Crippen LogP contribution in [-0.4, -0.2) is 18.2 Å². The average Bonchev–Trinajstić information content (AvgIpc) is 2.02. The van der Waals surface area contributed by atoms with Crippen LogP contribution < -0.4 is 5.32 Å². The minimum absolute atomic E-state index is 0.00241. The van der Waals surface area contributed by atoms with Crippen LogP contribution >= 0.6 is 0 Å². The maximum atomic E-state index is 11.1. The lowest BCUT2D eigenvalue weighted by Gasteiger charge is -2.11. The quantitative estimate of drug-likeness (QED) is 0.612. The van der Waals surface area contributed by atoms with Crippen LogP contribution in [0.5, 0.6) is 0 Å². The largest absolute Gasteiger partial charge is 0.347 e. The molecule has 0 aromatic rings. The molecule has 0 saturated heterocycles. The maximum Gasteiger partial charge on any atom is 0.223 e. The molecule has 0 heterocycles. The Morgan fingerprint density at radius 1 is 1.55 bits per heavy atom. The Hall–Kier alpha value is -0.860. The van der Waals surface area contributed by atoms with Crippen molar-refractivity contribution in [2.45, 2.75) is 33.2 Å². The molecule has 11 heavy (non-hydrogen) atoms. The molecule has 1 unspecified atom stereocenters. The van der Waals surface area contributed by atoms with Gasteiger partial charge in [0, 0.05) is 5.92 Å². The molecule has 0 aliphatic carbocycles. The Kier molecular flexibility index (Phi) is 4.50. The third-order valence-corrected chi connectivity index (χ3v) is 1.63. The molecule has 0 aromatic heterocycles. The van der Waals surface area contributed by atoms with Crippen molar-refractivity contribution in [2.75, 3.05) is 0 Å². The molecule has 0 aliphatic heterocycles. The van der Waals surface area contributed by atoms with E-state index >= 15 is 0 Å². The summed E-state index contributed by atoms with van der Waals surface area (Å²) in [5.74, 6) is -0.0514. The van der Waals surface area contributed by atoms with E-state index in [-0.39, 0.29) is 17.9 Å². The maximum absolute atomic E-state index is 11.1. The molecule has 0 bridgehead atoms. The molecule has 0 aromatic carbocycles. The first kappa shape index (κ1) is 10.1. The van der Waals surface area contributed by atoms with Crippen LogP contribution in [0.1, 0.15) is 27.2 Å². The van der Waals surface area contributed by atoms with Crippen molar-refractivity contribution >= 4 is 12.2 Å². The Morgan fingerprint density at radius 3 is 2.45 bits per heavy atom. The van der Waals surface area contributed by atoms with Crippen LogP contribution in [0.2, 0.25) is 0 Å². The predicted molar refractivity (Wildman–Crippen MR) is 43.1 cm³/mol. The summed E-state index contributed by atoms with van der Waals surface area (Å²) in [6.07, 6.45) is 1.53. The van der Waals surface area contributed by atoms with Gasteiger partial charge in [-0.15, -0.1) is 0 Å². The van der Waals surface area contributed by atoms with E-state index in [4.69, 9.17) is 0 Å². The standard InChI is InChI=1S/C8H15NO2/c1-4-6(2)8(11)9-7(3)5-10/h5-7H,4H2,1-3H3,(H,9,11)/t6?,7-/m1/s1. The zero-order valence-corrected chi connectivity index (χ0v) is 7.26. The highest BCUT2D eigenvalue weighted by Gasteiger charge is 2.11. The van der Waals surface area contributed by atoms with E-state index in [0.29, 0.717) is 0 Å². The van der Waals surface area contributed by atoms with Crippen molar-refractivity contribution in [3.8, 4) is 0 Å². The van der Waals surface area contributed by atoms with Crippen molar-refractivity contribution < 1.29 is 9.59 Å². The summed E-state index contributed by atoms with van der Waals surface area (Å²) in [5.41, 5.74) is 0. The molecular formula is C8H15NO2. The van der Waals surface area contributed by atoms with Gasteiger partial charge in [-0.2, -0.15) is 0 Å². The molecule has 0 saturated carbocycles. The van der Waals surface area contributed by atoms with Gasteiger partial charge in [0.25, 0.3) is 0 Å². The molecule has 0 radical (unpaired) electrons. The zero-order chi connectivity index (χ0) is 8.85. The monoisotopic (exact) mass is 157 g/mol. The SMILES string of the molecule is CCC(C)C(=O)N[C@H](C)C=O. The van der Waals surface area contributed by atoms with Gasteiger partial charge in [-0.1, -0.05) is 13.8 Å². The van der Waals surface area contributed by atoms with Gasteiger partial charge in [-0.05, 0) is 13.3 Å². The first-order valence-corrected chi connectivity index (χ1v) is 3.87. The topological polar surface area (TPSA) is 46.2 Å². The number of hydrogen-bond donors (Lipinski definition) is 1. The summed E-state index contributed by atoms with van der Waals surface area (Å²) in [7, 11) is 0. The van der Waals surface area contributed by atoms with Gasteiger partial charge in [0.2, 0.25) is 5.91 Å². The molecule has 2 atom stereocenters. The fourth-order valence-corrected chi connectivity index (χ4v) is 0.586. The second-order valence-electron chi connectivity index (χ2n) is 2.74. The molecule has 64 valence electrons. The Bertz CT molecular complexity index is 145. The number of aldehydes is 1. The minimum atomic E-state index is -0.364. The summed E-state index contributed by atoms with van der Waals surface area (Å²) in [6.45, 7) is 5.44. The van der Waals surface area contributed by atoms with Gasteiger partial charge in [0.05, 0.1) is 6.04 Å². The lowest BCUT2D eigenvalue weighted by Crippen LogP contribution is -2.36. The van der Waals surface area contributed by atoms with Gasteiger partial charge >= 0.3 is 0 Å². The fourth-order valence-electron chi connectivity index (χ4n) is 0.586. The van der Waals surface area contributed by atoms with Crippen molar-refractivity contribution in [3.05, 3.63) is 0 Å². The van der Waals surface area contributed by atoms with Crippen molar-refractivity contribution in [1.82, 2.24) is 5.32 Å². The summed E-state index contributed by atoms with van der Waals surface area (Å²) >= 11 is 0. The van der Waals surface area contributed by atoms with Crippen LogP contribution in [0.3, 0.4) is 0 Å². The van der Waals surface area contributed by atoms with E-state index in [2.05, 4.69) is 5.32 Å². The Balaban J connectivity index is 3.76. The highest BCUT2D eigenvalue weighted by atomic mass is 16.2. The number of carbonyl (C=O) groups excluding carboxylic acids is 2. The van der Waals surface area contributed by atoms with E-state index in [1.807, 2.05) is 13.8 Å². The van der Waals surface area contributed by atoms with Gasteiger partial charge in [-0.25, -0.2) is 0 Å². The van der Waals surface area contributed by atoms with Gasteiger partial charge in [0.1, 0.15) is 6.29 Å². The van der Waals surface area contributed by atoms with E-state index < -0.39 is 0 Å². The second kappa shape index (κ2) is 4.88. The predicted octanol–water partition coefficient (Wildman–Crippen LogP) is 0.736. The summed E-state index contributed by atoms with van der Waals surface area (Å²) < 4.78 is 0. The highest BCUT2D eigenvalue weighted by molar-refractivity contribution is 5.81. The van der Waals surface area contributed by atoms with Gasteiger partial charge in [0.15, 0.2) is 0 Å². The van der Waals surface area contributed by atoms with E-state index in [9.17, 15) is 9.59 Å². The van der Waals surface area contributed by atoms with Crippen LogP contribution in [0, 0.1) is 5.92 Å². The zero-order valence-electron chi connectivity index (χ0n) is 7.26. The van der Waals surface area contributed by atoms with Crippen molar-refractivity contribution in [2.24, 2.45) is 5.92 Å². The van der Waals surface area contributed by atoms with Crippen LogP contribution in [-0.2, 0) is 9.59 Å². The van der Waals surface area contributed by atoms with E-state index in [0.717, 1.165) is 12.7 Å². The van der Waals surface area contributed by atoms with E-state index in [1.165, 1.54) is 0 Å². The molecule has 0 rings (SSSR count). The fraction of sp³-hybridized carbons (Fsp3) is 0.750. The summed E-state index contributed by atoms with van der Waals surface area (Å²) in [6, 6.07) is -0.364. The molecule has 3 nitrogen and oxygen atoms in total. The Morgan fingerprint density at radius 2 is 2.09 bits per heavy atom. The molecule has 0 fully saturated rings. The molecule has 3 heteroatoms. The molecule has 1 N–H and O–H groups in total.